The SMILES string of the molecule is Cc1cc(NC(=O)c2nn(-c3ncccn3)c3ccccc23)n(C)n1. The van der Waals surface area contributed by atoms with Crippen molar-refractivity contribution in [3.8, 4) is 5.95 Å². The summed E-state index contributed by atoms with van der Waals surface area (Å²) >= 11 is 0. The summed E-state index contributed by atoms with van der Waals surface area (Å²) in [7, 11) is 1.77. The molecule has 0 saturated heterocycles. The van der Waals surface area contributed by atoms with Crippen molar-refractivity contribution in [3.63, 3.8) is 0 Å². The maximum Gasteiger partial charge on any atom is 0.277 e. The van der Waals surface area contributed by atoms with Gasteiger partial charge in [-0.05, 0) is 19.1 Å². The highest BCUT2D eigenvalue weighted by Crippen LogP contribution is 2.21. The van der Waals surface area contributed by atoms with Crippen molar-refractivity contribution in [3.05, 3.63) is 60.2 Å². The van der Waals surface area contributed by atoms with E-state index < -0.39 is 0 Å². The lowest BCUT2D eigenvalue weighted by atomic mass is 10.2. The molecule has 3 heterocycles. The summed E-state index contributed by atoms with van der Waals surface area (Å²) in [5.74, 6) is 0.708. The molecule has 1 aromatic carbocycles. The third-order valence-corrected chi connectivity index (χ3v) is 3.79. The summed E-state index contributed by atoms with van der Waals surface area (Å²) in [6.07, 6.45) is 3.27. The van der Waals surface area contributed by atoms with E-state index >= 15 is 0 Å². The second-order valence-corrected chi connectivity index (χ2v) is 5.58. The van der Waals surface area contributed by atoms with Crippen LogP contribution in [0.5, 0.6) is 0 Å². The molecule has 0 atom stereocenters. The zero-order valence-electron chi connectivity index (χ0n) is 13.7. The lowest BCUT2D eigenvalue weighted by Gasteiger charge is -2.03. The molecule has 0 aliphatic rings. The first-order valence-electron chi connectivity index (χ1n) is 7.70. The maximum absolute atomic E-state index is 12.8. The molecular formula is C17H15N7O. The van der Waals surface area contributed by atoms with E-state index in [1.807, 2.05) is 31.2 Å². The van der Waals surface area contributed by atoms with Crippen LogP contribution in [-0.2, 0) is 7.05 Å². The number of hydrogen-bond acceptors (Lipinski definition) is 5. The summed E-state index contributed by atoms with van der Waals surface area (Å²) in [5.41, 5.74) is 1.90. The van der Waals surface area contributed by atoms with Crippen molar-refractivity contribution in [1.82, 2.24) is 29.5 Å². The highest BCUT2D eigenvalue weighted by molar-refractivity contribution is 6.11. The van der Waals surface area contributed by atoms with Gasteiger partial charge in [0.2, 0.25) is 0 Å². The van der Waals surface area contributed by atoms with Crippen molar-refractivity contribution < 1.29 is 4.79 Å². The topological polar surface area (TPSA) is 90.5 Å². The Morgan fingerprint density at radius 1 is 1.08 bits per heavy atom. The fourth-order valence-corrected chi connectivity index (χ4v) is 2.69. The Hall–Kier alpha value is -3.55. The smallest absolute Gasteiger partial charge is 0.277 e. The van der Waals surface area contributed by atoms with Crippen LogP contribution >= 0.6 is 0 Å². The van der Waals surface area contributed by atoms with Gasteiger partial charge < -0.3 is 5.32 Å². The van der Waals surface area contributed by atoms with E-state index in [2.05, 4.69) is 25.5 Å². The van der Waals surface area contributed by atoms with E-state index in [1.54, 1.807) is 40.9 Å². The third-order valence-electron chi connectivity index (χ3n) is 3.79. The number of anilines is 1. The van der Waals surface area contributed by atoms with E-state index in [0.29, 0.717) is 17.5 Å². The molecule has 0 saturated carbocycles. The van der Waals surface area contributed by atoms with Gasteiger partial charge in [-0.2, -0.15) is 14.9 Å². The van der Waals surface area contributed by atoms with Crippen molar-refractivity contribution in [2.24, 2.45) is 7.05 Å². The molecule has 1 N–H and O–H groups in total. The lowest BCUT2D eigenvalue weighted by Crippen LogP contribution is -2.16. The normalized spacial score (nSPS) is 11.0. The molecule has 124 valence electrons. The van der Waals surface area contributed by atoms with Crippen LogP contribution in [0.15, 0.2) is 48.8 Å². The second-order valence-electron chi connectivity index (χ2n) is 5.58. The molecule has 0 bridgehead atoms. The van der Waals surface area contributed by atoms with Crippen LogP contribution in [0.4, 0.5) is 5.82 Å². The number of para-hydroxylation sites is 1. The lowest BCUT2D eigenvalue weighted by molar-refractivity contribution is 0.102. The van der Waals surface area contributed by atoms with Crippen molar-refractivity contribution in [2.75, 3.05) is 5.32 Å². The first kappa shape index (κ1) is 15.0. The number of amides is 1. The largest absolute Gasteiger partial charge is 0.305 e. The monoisotopic (exact) mass is 333 g/mol. The van der Waals surface area contributed by atoms with Crippen molar-refractivity contribution >= 4 is 22.6 Å². The zero-order chi connectivity index (χ0) is 17.4. The molecule has 0 radical (unpaired) electrons. The van der Waals surface area contributed by atoms with Gasteiger partial charge in [0.15, 0.2) is 5.69 Å². The van der Waals surface area contributed by atoms with E-state index in [9.17, 15) is 4.79 Å². The van der Waals surface area contributed by atoms with Crippen LogP contribution in [0.2, 0.25) is 0 Å². The van der Waals surface area contributed by atoms with Gasteiger partial charge in [0, 0.05) is 30.9 Å². The summed E-state index contributed by atoms with van der Waals surface area (Å²) in [6, 6.07) is 11.0. The number of benzene rings is 1. The van der Waals surface area contributed by atoms with Gasteiger partial charge in [0.05, 0.1) is 11.2 Å². The number of nitrogens with one attached hydrogen (secondary N) is 1. The molecule has 4 aromatic rings. The Morgan fingerprint density at radius 2 is 1.84 bits per heavy atom. The van der Waals surface area contributed by atoms with Crippen molar-refractivity contribution in [2.45, 2.75) is 6.92 Å². The Balaban J connectivity index is 1.80. The zero-order valence-corrected chi connectivity index (χ0v) is 13.7. The average molecular weight is 333 g/mol. The Kier molecular flexibility index (Phi) is 3.50. The minimum Gasteiger partial charge on any atom is -0.305 e. The molecule has 0 aliphatic heterocycles. The van der Waals surface area contributed by atoms with Gasteiger partial charge in [-0.15, -0.1) is 0 Å². The van der Waals surface area contributed by atoms with Crippen LogP contribution in [0.3, 0.4) is 0 Å². The first-order chi connectivity index (χ1) is 12.1. The minimum absolute atomic E-state index is 0.307. The molecule has 4 rings (SSSR count). The van der Waals surface area contributed by atoms with Crippen LogP contribution in [-0.4, -0.2) is 35.4 Å². The molecule has 3 aromatic heterocycles. The Morgan fingerprint density at radius 3 is 2.56 bits per heavy atom. The summed E-state index contributed by atoms with van der Waals surface area (Å²) in [4.78, 5) is 21.2. The number of carbonyl (C=O) groups is 1. The molecule has 0 aliphatic carbocycles. The van der Waals surface area contributed by atoms with Gasteiger partial charge in [-0.1, -0.05) is 18.2 Å². The number of nitrogens with zero attached hydrogens (tertiary/aromatic N) is 6. The molecule has 1 amide bonds. The van der Waals surface area contributed by atoms with Crippen LogP contribution in [0.1, 0.15) is 16.2 Å². The molecule has 0 spiro atoms. The standard InChI is InChI=1S/C17H15N7O/c1-11-10-14(23(2)21-11)20-16(25)15-12-6-3-4-7-13(12)24(22-15)17-18-8-5-9-19-17/h3-10H,1-2H3,(H,20,25). The number of aryl methyl sites for hydroxylation is 2. The predicted octanol–water partition coefficient (Wildman–Crippen LogP) is 2.11. The Labute approximate surface area is 143 Å². The van der Waals surface area contributed by atoms with E-state index in [0.717, 1.165) is 16.6 Å². The Bertz CT molecular complexity index is 1070. The first-order valence-corrected chi connectivity index (χ1v) is 7.70. The quantitative estimate of drug-likeness (QED) is 0.620. The predicted molar refractivity (Wildman–Crippen MR) is 92.6 cm³/mol. The van der Waals surface area contributed by atoms with E-state index in [-0.39, 0.29) is 5.91 Å². The van der Waals surface area contributed by atoms with E-state index in [1.165, 1.54) is 0 Å². The summed E-state index contributed by atoms with van der Waals surface area (Å²) < 4.78 is 3.19. The van der Waals surface area contributed by atoms with Gasteiger partial charge in [-0.3, -0.25) is 9.48 Å². The molecular weight excluding hydrogens is 318 g/mol. The average Bonchev–Trinajstić information content (AvgIpc) is 3.16. The fraction of sp³-hybridized carbons (Fsp3) is 0.118. The summed E-state index contributed by atoms with van der Waals surface area (Å²) in [6.45, 7) is 1.87. The fourth-order valence-electron chi connectivity index (χ4n) is 2.69. The summed E-state index contributed by atoms with van der Waals surface area (Å²) in [5, 5.41) is 12.2. The third kappa shape index (κ3) is 2.63. The minimum atomic E-state index is -0.311. The highest BCUT2D eigenvalue weighted by atomic mass is 16.2. The number of rotatable bonds is 3. The molecule has 8 nitrogen and oxygen atoms in total. The number of hydrogen-bond donors (Lipinski definition) is 1. The van der Waals surface area contributed by atoms with Gasteiger partial charge in [0.1, 0.15) is 5.82 Å². The van der Waals surface area contributed by atoms with Gasteiger partial charge >= 0.3 is 0 Å². The van der Waals surface area contributed by atoms with Gasteiger partial charge in [0.25, 0.3) is 11.9 Å². The number of carbonyl (C=O) groups excluding carboxylic acids is 1. The highest BCUT2D eigenvalue weighted by Gasteiger charge is 2.19. The van der Waals surface area contributed by atoms with Crippen LogP contribution in [0, 0.1) is 6.92 Å². The van der Waals surface area contributed by atoms with Gasteiger partial charge in [-0.25, -0.2) is 9.97 Å². The van der Waals surface area contributed by atoms with E-state index in [4.69, 9.17) is 0 Å². The van der Waals surface area contributed by atoms with Crippen LogP contribution in [0.25, 0.3) is 16.9 Å². The van der Waals surface area contributed by atoms with Crippen LogP contribution < -0.4 is 5.32 Å². The molecule has 0 fully saturated rings. The second kappa shape index (κ2) is 5.82. The number of fused-ring (bicyclic) bond motifs is 1. The molecule has 25 heavy (non-hydrogen) atoms. The molecule has 8 heteroatoms. The maximum atomic E-state index is 12.8. The van der Waals surface area contributed by atoms with Crippen molar-refractivity contribution in [1.29, 1.82) is 0 Å². The molecule has 0 unspecified atom stereocenters. The number of aromatic nitrogens is 6.